The van der Waals surface area contributed by atoms with Crippen molar-refractivity contribution in [1.29, 1.82) is 0 Å². The monoisotopic (exact) mass is 376 g/mol. The lowest BCUT2D eigenvalue weighted by Gasteiger charge is -2.17. The molecule has 4 heteroatoms. The molecule has 0 bridgehead atoms. The van der Waals surface area contributed by atoms with Crippen molar-refractivity contribution < 1.29 is 19.4 Å². The summed E-state index contributed by atoms with van der Waals surface area (Å²) in [7, 11) is 3.24. The molecule has 28 heavy (non-hydrogen) atoms. The first-order valence-corrected chi connectivity index (χ1v) is 9.24. The molecule has 1 aliphatic carbocycles. The Morgan fingerprint density at radius 1 is 0.893 bits per heavy atom. The zero-order valence-corrected chi connectivity index (χ0v) is 16.1. The van der Waals surface area contributed by atoms with Gasteiger partial charge in [0.15, 0.2) is 5.78 Å². The molecule has 0 heterocycles. The summed E-state index contributed by atoms with van der Waals surface area (Å²) in [6.07, 6.45) is 7.36. The molecule has 0 spiro atoms. The van der Waals surface area contributed by atoms with E-state index in [4.69, 9.17) is 9.47 Å². The van der Waals surface area contributed by atoms with Crippen LogP contribution in [0.2, 0.25) is 0 Å². The molecule has 0 radical (unpaired) electrons. The molecule has 1 N–H and O–H groups in total. The van der Waals surface area contributed by atoms with Gasteiger partial charge in [0, 0.05) is 5.57 Å². The third-order valence-corrected chi connectivity index (χ3v) is 4.76. The highest BCUT2D eigenvalue weighted by atomic mass is 16.5. The van der Waals surface area contributed by atoms with Crippen LogP contribution >= 0.6 is 0 Å². The molecule has 0 fully saturated rings. The summed E-state index contributed by atoms with van der Waals surface area (Å²) in [6, 6.07) is 15.1. The smallest absolute Gasteiger partial charge is 0.185 e. The summed E-state index contributed by atoms with van der Waals surface area (Å²) in [5, 5.41) is 10.6. The fourth-order valence-electron chi connectivity index (χ4n) is 3.16. The number of allylic oxidation sites excluding steroid dienone is 3. The number of carbonyl (C=O) groups is 1. The van der Waals surface area contributed by atoms with E-state index in [1.54, 1.807) is 20.3 Å². The maximum absolute atomic E-state index is 12.6. The van der Waals surface area contributed by atoms with Crippen molar-refractivity contribution in [2.75, 3.05) is 14.2 Å². The van der Waals surface area contributed by atoms with Crippen LogP contribution < -0.4 is 9.47 Å². The number of benzene rings is 2. The topological polar surface area (TPSA) is 55.8 Å². The molecule has 0 amide bonds. The lowest BCUT2D eigenvalue weighted by Crippen LogP contribution is -2.10. The number of hydrogen-bond acceptors (Lipinski definition) is 4. The Hall–Kier alpha value is -3.27. The van der Waals surface area contributed by atoms with Gasteiger partial charge in [-0.2, -0.15) is 0 Å². The largest absolute Gasteiger partial charge is 0.507 e. The van der Waals surface area contributed by atoms with E-state index in [-0.39, 0.29) is 11.5 Å². The molecule has 0 aromatic heterocycles. The zero-order chi connectivity index (χ0) is 19.9. The van der Waals surface area contributed by atoms with Crippen molar-refractivity contribution in [3.8, 4) is 11.5 Å². The van der Waals surface area contributed by atoms with Crippen molar-refractivity contribution >= 4 is 17.9 Å². The molecular weight excluding hydrogens is 352 g/mol. The van der Waals surface area contributed by atoms with Crippen LogP contribution in [0, 0.1) is 0 Å². The van der Waals surface area contributed by atoms with E-state index in [9.17, 15) is 9.90 Å². The summed E-state index contributed by atoms with van der Waals surface area (Å²) < 4.78 is 10.3. The Kier molecular flexibility index (Phi) is 6.33. The maximum Gasteiger partial charge on any atom is 0.185 e. The predicted molar refractivity (Wildman–Crippen MR) is 112 cm³/mol. The van der Waals surface area contributed by atoms with Gasteiger partial charge >= 0.3 is 0 Å². The first-order chi connectivity index (χ1) is 13.6. The Labute approximate surface area is 165 Å². The third kappa shape index (κ3) is 4.71. The van der Waals surface area contributed by atoms with Gasteiger partial charge in [-0.3, -0.25) is 4.79 Å². The van der Waals surface area contributed by atoms with Crippen LogP contribution in [-0.4, -0.2) is 25.1 Å². The molecule has 2 aromatic carbocycles. The zero-order valence-electron chi connectivity index (χ0n) is 16.1. The fourth-order valence-corrected chi connectivity index (χ4v) is 3.16. The van der Waals surface area contributed by atoms with Gasteiger partial charge in [-0.1, -0.05) is 30.3 Å². The van der Waals surface area contributed by atoms with Crippen LogP contribution in [0.15, 0.2) is 71.5 Å². The number of aliphatic hydroxyl groups is 1. The van der Waals surface area contributed by atoms with Crippen LogP contribution in [0.25, 0.3) is 12.2 Å². The quantitative estimate of drug-likeness (QED) is 0.689. The SMILES string of the molecule is COc1ccc(/C=C/C(=O)C2=C(O)/C(=C/c3ccc(OC)cc3)CCC2)cc1. The average Bonchev–Trinajstić information content (AvgIpc) is 2.74. The normalized spacial score (nSPS) is 15.9. The van der Waals surface area contributed by atoms with E-state index in [1.165, 1.54) is 6.08 Å². The summed E-state index contributed by atoms with van der Waals surface area (Å²) in [5.41, 5.74) is 3.12. The van der Waals surface area contributed by atoms with Gasteiger partial charge in [-0.05, 0) is 72.4 Å². The first-order valence-electron chi connectivity index (χ1n) is 9.24. The minimum Gasteiger partial charge on any atom is -0.507 e. The van der Waals surface area contributed by atoms with Gasteiger partial charge in [-0.25, -0.2) is 0 Å². The van der Waals surface area contributed by atoms with Crippen LogP contribution in [0.1, 0.15) is 30.4 Å². The number of carbonyl (C=O) groups excluding carboxylic acids is 1. The van der Waals surface area contributed by atoms with Crippen LogP contribution in [0.4, 0.5) is 0 Å². The Morgan fingerprint density at radius 3 is 2.04 bits per heavy atom. The summed E-state index contributed by atoms with van der Waals surface area (Å²) >= 11 is 0. The second kappa shape index (κ2) is 9.09. The van der Waals surface area contributed by atoms with E-state index >= 15 is 0 Å². The van der Waals surface area contributed by atoms with Crippen molar-refractivity contribution in [1.82, 2.24) is 0 Å². The van der Waals surface area contributed by atoms with Crippen molar-refractivity contribution in [3.63, 3.8) is 0 Å². The molecule has 0 saturated heterocycles. The predicted octanol–water partition coefficient (Wildman–Crippen LogP) is 5.37. The first kappa shape index (κ1) is 19.5. The number of hydrogen-bond donors (Lipinski definition) is 1. The van der Waals surface area contributed by atoms with Gasteiger partial charge in [-0.15, -0.1) is 0 Å². The number of aliphatic hydroxyl groups excluding tert-OH is 1. The molecule has 0 saturated carbocycles. The van der Waals surface area contributed by atoms with Gasteiger partial charge in [0.05, 0.1) is 14.2 Å². The van der Waals surface area contributed by atoms with E-state index in [1.807, 2.05) is 54.6 Å². The minimum atomic E-state index is -0.159. The minimum absolute atomic E-state index is 0.103. The van der Waals surface area contributed by atoms with E-state index in [2.05, 4.69) is 0 Å². The number of ketones is 1. The molecule has 0 aliphatic heterocycles. The highest BCUT2D eigenvalue weighted by molar-refractivity contribution is 6.07. The van der Waals surface area contributed by atoms with E-state index in [0.717, 1.165) is 41.0 Å². The Morgan fingerprint density at radius 2 is 1.46 bits per heavy atom. The summed E-state index contributed by atoms with van der Waals surface area (Å²) in [6.45, 7) is 0. The summed E-state index contributed by atoms with van der Waals surface area (Å²) in [4.78, 5) is 12.6. The second-order valence-electron chi connectivity index (χ2n) is 6.59. The number of methoxy groups -OCH3 is 2. The van der Waals surface area contributed by atoms with Crippen LogP contribution in [-0.2, 0) is 4.79 Å². The molecule has 144 valence electrons. The lowest BCUT2D eigenvalue weighted by atomic mass is 9.89. The standard InChI is InChI=1S/C24H24O4/c1-27-20-11-6-17(7-12-20)10-15-23(25)22-5-3-4-19(24(22)26)16-18-8-13-21(28-2)14-9-18/h6-16,26H,3-5H2,1-2H3/b15-10+,19-16+. The molecule has 0 atom stereocenters. The van der Waals surface area contributed by atoms with Gasteiger partial charge in [0.1, 0.15) is 17.3 Å². The number of ether oxygens (including phenoxy) is 2. The average molecular weight is 376 g/mol. The Balaban J connectivity index is 1.78. The molecule has 1 aliphatic rings. The van der Waals surface area contributed by atoms with Gasteiger partial charge in [0.25, 0.3) is 0 Å². The fraction of sp³-hybridized carbons (Fsp3) is 0.208. The lowest BCUT2D eigenvalue weighted by molar-refractivity contribution is -0.111. The highest BCUT2D eigenvalue weighted by Crippen LogP contribution is 2.30. The highest BCUT2D eigenvalue weighted by Gasteiger charge is 2.20. The molecule has 3 rings (SSSR count). The van der Waals surface area contributed by atoms with Crippen molar-refractivity contribution in [2.24, 2.45) is 0 Å². The van der Waals surface area contributed by atoms with E-state index in [0.29, 0.717) is 12.0 Å². The molecule has 2 aromatic rings. The molecular formula is C24H24O4. The van der Waals surface area contributed by atoms with Gasteiger partial charge < -0.3 is 14.6 Å². The van der Waals surface area contributed by atoms with Crippen molar-refractivity contribution in [3.05, 3.63) is 82.6 Å². The second-order valence-corrected chi connectivity index (χ2v) is 6.59. The molecule has 4 nitrogen and oxygen atoms in total. The van der Waals surface area contributed by atoms with Crippen LogP contribution in [0.5, 0.6) is 11.5 Å². The molecule has 0 unspecified atom stereocenters. The maximum atomic E-state index is 12.6. The van der Waals surface area contributed by atoms with E-state index < -0.39 is 0 Å². The van der Waals surface area contributed by atoms with Gasteiger partial charge in [0.2, 0.25) is 0 Å². The van der Waals surface area contributed by atoms with Crippen LogP contribution in [0.3, 0.4) is 0 Å². The number of rotatable bonds is 6. The van der Waals surface area contributed by atoms with Crippen molar-refractivity contribution in [2.45, 2.75) is 19.3 Å². The third-order valence-electron chi connectivity index (χ3n) is 4.76. The Bertz CT molecular complexity index is 916. The summed E-state index contributed by atoms with van der Waals surface area (Å²) in [5.74, 6) is 1.50.